The summed E-state index contributed by atoms with van der Waals surface area (Å²) in [7, 11) is 0. The zero-order valence-electron chi connectivity index (χ0n) is 20.7. The van der Waals surface area contributed by atoms with Crippen LogP contribution in [0, 0.1) is 11.3 Å². The summed E-state index contributed by atoms with van der Waals surface area (Å²) in [6.07, 6.45) is 0.0587. The van der Waals surface area contributed by atoms with Crippen molar-refractivity contribution in [2.75, 3.05) is 6.54 Å². The molecular weight excluding hydrogens is 467 g/mol. The van der Waals surface area contributed by atoms with Crippen LogP contribution in [0.5, 0.6) is 5.75 Å². The second-order valence-electron chi connectivity index (χ2n) is 10.2. The zero-order valence-corrected chi connectivity index (χ0v) is 20.7. The van der Waals surface area contributed by atoms with Crippen LogP contribution in [0.25, 0.3) is 0 Å². The first kappa shape index (κ1) is 27.3. The fourth-order valence-corrected chi connectivity index (χ4v) is 4.36. The van der Waals surface area contributed by atoms with Crippen molar-refractivity contribution < 1.29 is 33.7 Å². The van der Waals surface area contributed by atoms with Gasteiger partial charge in [-0.2, -0.15) is 0 Å². The molecule has 1 aliphatic heterocycles. The predicted molar refractivity (Wildman–Crippen MR) is 131 cm³/mol. The maximum atomic E-state index is 15.2. The van der Waals surface area contributed by atoms with Gasteiger partial charge in [-0.05, 0) is 48.1 Å². The van der Waals surface area contributed by atoms with Gasteiger partial charge in [-0.15, -0.1) is 0 Å². The topological polar surface area (TPSA) is 125 Å². The molecule has 1 aliphatic rings. The van der Waals surface area contributed by atoms with Crippen LogP contribution in [-0.2, 0) is 27.4 Å². The van der Waals surface area contributed by atoms with Gasteiger partial charge in [0.05, 0.1) is 12.0 Å². The van der Waals surface area contributed by atoms with Gasteiger partial charge in [-0.25, -0.2) is 9.18 Å². The third kappa shape index (κ3) is 6.47. The van der Waals surface area contributed by atoms with E-state index in [0.717, 1.165) is 5.56 Å². The van der Waals surface area contributed by atoms with Crippen LogP contribution in [0.4, 0.5) is 4.39 Å². The minimum Gasteiger partial charge on any atom is -0.489 e. The molecule has 4 N–H and O–H groups in total. The Hall–Kier alpha value is -3.30. The molecule has 0 radical (unpaired) electrons. The summed E-state index contributed by atoms with van der Waals surface area (Å²) in [5.41, 5.74) is 0.945. The summed E-state index contributed by atoms with van der Waals surface area (Å²) in [6, 6.07) is 14.4. The Bertz CT molecular complexity index is 1070. The number of carboxylic acids is 2. The van der Waals surface area contributed by atoms with Crippen molar-refractivity contribution >= 4 is 17.7 Å². The molecule has 1 saturated heterocycles. The van der Waals surface area contributed by atoms with Gasteiger partial charge >= 0.3 is 11.9 Å². The molecule has 9 heteroatoms. The number of Topliss-reactive ketones (excluding diaryl/α,β-unsaturated/α-hetero) is 1. The Kier molecular flexibility index (Phi) is 8.47. The van der Waals surface area contributed by atoms with Crippen molar-refractivity contribution in [3.8, 4) is 5.75 Å². The van der Waals surface area contributed by atoms with E-state index in [4.69, 9.17) is 4.74 Å². The van der Waals surface area contributed by atoms with Crippen LogP contribution < -0.4 is 15.4 Å². The van der Waals surface area contributed by atoms with Gasteiger partial charge in [0, 0.05) is 0 Å². The lowest BCUT2D eigenvalue weighted by molar-refractivity contribution is -0.159. The first-order chi connectivity index (χ1) is 16.9. The third-order valence-electron chi connectivity index (χ3n) is 6.39. The number of hydrogen-bond acceptors (Lipinski definition) is 6. The Morgan fingerprint density at radius 3 is 2.28 bits per heavy atom. The fraction of sp³-hybridized carbons (Fsp3) is 0.444. The maximum absolute atomic E-state index is 15.2. The highest BCUT2D eigenvalue weighted by Crippen LogP contribution is 2.32. The van der Waals surface area contributed by atoms with E-state index in [1.54, 1.807) is 45.0 Å². The minimum absolute atomic E-state index is 0.000662. The van der Waals surface area contributed by atoms with E-state index in [-0.39, 0.29) is 19.4 Å². The molecule has 0 aromatic heterocycles. The van der Waals surface area contributed by atoms with E-state index in [9.17, 15) is 24.6 Å². The number of nitrogens with one attached hydrogen (secondary N) is 2. The van der Waals surface area contributed by atoms with Gasteiger partial charge in [-0.1, -0.05) is 63.2 Å². The highest BCUT2D eigenvalue weighted by atomic mass is 19.1. The molecule has 2 aromatic rings. The zero-order chi connectivity index (χ0) is 26.5. The van der Waals surface area contributed by atoms with Crippen LogP contribution in [-0.4, -0.2) is 52.4 Å². The van der Waals surface area contributed by atoms with Crippen LogP contribution in [0.2, 0.25) is 0 Å². The number of halogens is 1. The van der Waals surface area contributed by atoms with Gasteiger partial charge in [-0.3, -0.25) is 20.2 Å². The monoisotopic (exact) mass is 500 g/mol. The van der Waals surface area contributed by atoms with Crippen molar-refractivity contribution in [2.24, 2.45) is 11.3 Å². The van der Waals surface area contributed by atoms with Gasteiger partial charge < -0.3 is 14.9 Å². The van der Waals surface area contributed by atoms with Gasteiger partial charge in [0.25, 0.3) is 5.79 Å². The molecule has 8 nitrogen and oxygen atoms in total. The fourth-order valence-electron chi connectivity index (χ4n) is 4.36. The van der Waals surface area contributed by atoms with Crippen molar-refractivity contribution in [1.82, 2.24) is 10.6 Å². The molecule has 0 spiro atoms. The number of carbonyl (C=O) groups excluding carboxylic acids is 1. The van der Waals surface area contributed by atoms with Crippen LogP contribution in [0.15, 0.2) is 54.6 Å². The van der Waals surface area contributed by atoms with Crippen molar-refractivity contribution in [2.45, 2.75) is 58.1 Å². The number of ketones is 1. The molecule has 194 valence electrons. The number of aliphatic carboxylic acids is 2. The van der Waals surface area contributed by atoms with Crippen LogP contribution >= 0.6 is 0 Å². The highest BCUT2D eigenvalue weighted by molar-refractivity contribution is 5.94. The standard InChI is InChI=1S/C27H33FN2O6/c1-26(2,3)23(24(32)33)30-21(22(31)20-13-14-29-27(20,28)25(34)35)15-17-9-11-19(12-10-17)36-16-18-7-5-4-6-8-18/h4-12,20-21,23,29-30H,13-16H2,1-3H3,(H,32,33)(H,34,35)/t20?,21-,23?,27-/m0/s1. The number of rotatable bonds is 11. The molecule has 2 unspecified atom stereocenters. The van der Waals surface area contributed by atoms with E-state index >= 15 is 4.39 Å². The highest BCUT2D eigenvalue weighted by Gasteiger charge is 2.55. The largest absolute Gasteiger partial charge is 0.489 e. The summed E-state index contributed by atoms with van der Waals surface area (Å²) in [5.74, 6) is -7.32. The SMILES string of the molecule is CC(C)(C)C(N[C@@H](Cc1ccc(OCc2ccccc2)cc1)C(=O)C1CCN[C@]1(F)C(=O)O)C(=O)O. The van der Waals surface area contributed by atoms with E-state index in [2.05, 4.69) is 10.6 Å². The number of alkyl halides is 1. The molecule has 0 aliphatic carbocycles. The normalized spacial score (nSPS) is 21.5. The molecule has 0 saturated carbocycles. The summed E-state index contributed by atoms with van der Waals surface area (Å²) in [5, 5.41) is 24.4. The molecular formula is C27H33FN2O6. The second-order valence-corrected chi connectivity index (χ2v) is 10.2. The summed E-state index contributed by atoms with van der Waals surface area (Å²) in [4.78, 5) is 37.0. The number of ether oxygens (including phenoxy) is 1. The van der Waals surface area contributed by atoms with E-state index in [0.29, 0.717) is 17.9 Å². The molecule has 4 atom stereocenters. The first-order valence-corrected chi connectivity index (χ1v) is 11.9. The second kappa shape index (κ2) is 11.2. The molecule has 36 heavy (non-hydrogen) atoms. The Balaban J connectivity index is 1.81. The number of carbonyl (C=O) groups is 3. The van der Waals surface area contributed by atoms with Crippen molar-refractivity contribution in [3.05, 3.63) is 65.7 Å². The van der Waals surface area contributed by atoms with Crippen LogP contribution in [0.1, 0.15) is 38.3 Å². The average molecular weight is 501 g/mol. The number of hydrogen-bond donors (Lipinski definition) is 4. The lowest BCUT2D eigenvalue weighted by Crippen LogP contribution is -2.58. The smallest absolute Gasteiger partial charge is 0.357 e. The molecule has 1 fully saturated rings. The molecule has 1 heterocycles. The van der Waals surface area contributed by atoms with E-state index < -0.39 is 46.9 Å². The summed E-state index contributed by atoms with van der Waals surface area (Å²) < 4.78 is 21.0. The third-order valence-corrected chi connectivity index (χ3v) is 6.39. The average Bonchev–Trinajstić information content (AvgIpc) is 3.23. The van der Waals surface area contributed by atoms with Crippen molar-refractivity contribution in [1.29, 1.82) is 0 Å². The summed E-state index contributed by atoms with van der Waals surface area (Å²) in [6.45, 7) is 5.56. The van der Waals surface area contributed by atoms with E-state index in [1.807, 2.05) is 30.3 Å². The van der Waals surface area contributed by atoms with Crippen LogP contribution in [0.3, 0.4) is 0 Å². The van der Waals surface area contributed by atoms with E-state index in [1.165, 1.54) is 0 Å². The predicted octanol–water partition coefficient (Wildman–Crippen LogP) is 3.19. The number of benzene rings is 2. The molecule has 0 amide bonds. The molecule has 0 bridgehead atoms. The summed E-state index contributed by atoms with van der Waals surface area (Å²) >= 11 is 0. The van der Waals surface area contributed by atoms with Crippen molar-refractivity contribution in [3.63, 3.8) is 0 Å². The Morgan fingerprint density at radius 2 is 1.72 bits per heavy atom. The lowest BCUT2D eigenvalue weighted by atomic mass is 9.83. The molecule has 3 rings (SSSR count). The molecule has 2 aromatic carbocycles. The Morgan fingerprint density at radius 1 is 1.08 bits per heavy atom. The van der Waals surface area contributed by atoms with Gasteiger partial charge in [0.15, 0.2) is 5.78 Å². The van der Waals surface area contributed by atoms with Gasteiger partial charge in [0.2, 0.25) is 0 Å². The maximum Gasteiger partial charge on any atom is 0.357 e. The van der Waals surface area contributed by atoms with Gasteiger partial charge in [0.1, 0.15) is 18.4 Å². The lowest BCUT2D eigenvalue weighted by Gasteiger charge is -2.33. The number of carboxylic acid groups (broad SMARTS) is 2. The quantitative estimate of drug-likeness (QED) is 0.347. The minimum atomic E-state index is -2.90. The first-order valence-electron chi connectivity index (χ1n) is 11.9. The Labute approximate surface area is 209 Å².